The Bertz CT molecular complexity index is 771. The van der Waals surface area contributed by atoms with Gasteiger partial charge in [-0.25, -0.2) is 9.97 Å². The van der Waals surface area contributed by atoms with Gasteiger partial charge in [0.1, 0.15) is 0 Å². The number of anilines is 2. The van der Waals surface area contributed by atoms with E-state index in [0.717, 1.165) is 25.7 Å². The van der Waals surface area contributed by atoms with E-state index in [2.05, 4.69) is 31.2 Å². The Labute approximate surface area is 179 Å². The fourth-order valence-corrected chi connectivity index (χ4v) is 2.47. The fourth-order valence-electron chi connectivity index (χ4n) is 2.34. The van der Waals surface area contributed by atoms with E-state index in [-0.39, 0.29) is 34.3 Å². The van der Waals surface area contributed by atoms with Gasteiger partial charge in [0.05, 0.1) is 5.84 Å². The van der Waals surface area contributed by atoms with Crippen LogP contribution in [0.5, 0.6) is 0 Å². The molecule has 166 valence electrons. The Kier molecular flexibility index (Phi) is 10.9. The summed E-state index contributed by atoms with van der Waals surface area (Å²) in [5, 5.41) is 25.5. The average Bonchev–Trinajstić information content (AvgIpc) is 2.67. The van der Waals surface area contributed by atoms with Crippen molar-refractivity contribution in [3.05, 3.63) is 10.8 Å². The lowest BCUT2D eigenvalue weighted by molar-refractivity contribution is -0.121. The van der Waals surface area contributed by atoms with Gasteiger partial charge in [-0.3, -0.25) is 25.7 Å². The molecule has 0 unspecified atom stereocenters. The molecular formula is C17H29ClN10O2. The van der Waals surface area contributed by atoms with Crippen molar-refractivity contribution in [1.29, 1.82) is 10.8 Å². The van der Waals surface area contributed by atoms with E-state index in [4.69, 9.17) is 33.9 Å². The van der Waals surface area contributed by atoms with Crippen molar-refractivity contribution in [2.45, 2.75) is 39.0 Å². The van der Waals surface area contributed by atoms with Crippen molar-refractivity contribution in [1.82, 2.24) is 31.2 Å². The summed E-state index contributed by atoms with van der Waals surface area (Å²) in [7, 11) is 0. The topological polar surface area (TPSA) is 208 Å². The van der Waals surface area contributed by atoms with Crippen LogP contribution in [0.15, 0.2) is 0 Å². The van der Waals surface area contributed by atoms with Gasteiger partial charge in [-0.2, -0.15) is 0 Å². The quantitative estimate of drug-likeness (QED) is 0.135. The van der Waals surface area contributed by atoms with Crippen LogP contribution in [0.2, 0.25) is 5.15 Å². The molecular weight excluding hydrogens is 412 g/mol. The van der Waals surface area contributed by atoms with Crippen LogP contribution in [0.1, 0.15) is 49.5 Å². The van der Waals surface area contributed by atoms with Crippen molar-refractivity contribution < 1.29 is 9.59 Å². The van der Waals surface area contributed by atoms with Gasteiger partial charge in [-0.15, -0.1) is 0 Å². The summed E-state index contributed by atoms with van der Waals surface area (Å²) in [5.41, 5.74) is 10.8. The van der Waals surface area contributed by atoms with Crippen molar-refractivity contribution >= 4 is 46.8 Å². The summed E-state index contributed by atoms with van der Waals surface area (Å²) >= 11 is 5.73. The number of nitrogen functional groups attached to an aromatic ring is 2. The number of carbonyl (C=O) groups excluding carboxylic acids is 2. The van der Waals surface area contributed by atoms with Crippen LogP contribution < -0.4 is 32.7 Å². The average molecular weight is 441 g/mol. The number of nitrogens with two attached hydrogens (primary N) is 2. The van der Waals surface area contributed by atoms with Crippen LogP contribution in [0.3, 0.4) is 0 Å². The molecule has 1 aromatic rings. The summed E-state index contributed by atoms with van der Waals surface area (Å²) in [6.07, 6.45) is 3.76. The highest BCUT2D eigenvalue weighted by Gasteiger charge is 2.16. The third-order valence-corrected chi connectivity index (χ3v) is 4.11. The van der Waals surface area contributed by atoms with Crippen LogP contribution in [-0.2, 0) is 4.79 Å². The SMILES string of the molecule is CC(=N)NCCNC(=O)CCCCCCNC(=N)NC(=O)c1nc(Cl)c(N)nc1N. The Hall–Kier alpha value is -3.15. The van der Waals surface area contributed by atoms with Gasteiger partial charge in [0.2, 0.25) is 5.91 Å². The number of hydrogen-bond acceptors (Lipinski definition) is 8. The van der Waals surface area contributed by atoms with Crippen molar-refractivity contribution in [3.63, 3.8) is 0 Å². The Morgan fingerprint density at radius 1 is 0.933 bits per heavy atom. The number of amidine groups is 1. The van der Waals surface area contributed by atoms with Crippen molar-refractivity contribution in [2.75, 3.05) is 31.1 Å². The number of nitrogens with one attached hydrogen (secondary N) is 6. The second-order valence-corrected chi connectivity index (χ2v) is 6.81. The molecule has 0 atom stereocenters. The first-order valence-electron chi connectivity index (χ1n) is 9.48. The van der Waals surface area contributed by atoms with Gasteiger partial charge in [0.25, 0.3) is 5.91 Å². The van der Waals surface area contributed by atoms with Crippen LogP contribution in [0.25, 0.3) is 0 Å². The molecule has 12 nitrogen and oxygen atoms in total. The number of unbranched alkanes of at least 4 members (excludes halogenated alkanes) is 3. The van der Waals surface area contributed by atoms with E-state index >= 15 is 0 Å². The van der Waals surface area contributed by atoms with Crippen LogP contribution in [0, 0.1) is 10.8 Å². The minimum atomic E-state index is -0.712. The molecule has 0 aliphatic carbocycles. The molecule has 0 radical (unpaired) electrons. The zero-order valence-corrected chi connectivity index (χ0v) is 17.7. The van der Waals surface area contributed by atoms with E-state index in [9.17, 15) is 9.59 Å². The second kappa shape index (κ2) is 13.1. The first-order valence-corrected chi connectivity index (χ1v) is 9.86. The summed E-state index contributed by atoms with van der Waals surface area (Å²) < 4.78 is 0. The normalized spacial score (nSPS) is 10.2. The third-order valence-electron chi connectivity index (χ3n) is 3.83. The predicted molar refractivity (Wildman–Crippen MR) is 117 cm³/mol. The fraction of sp³-hybridized carbons (Fsp3) is 0.529. The largest absolute Gasteiger partial charge is 0.382 e. The zero-order chi connectivity index (χ0) is 22.5. The van der Waals surface area contributed by atoms with Crippen LogP contribution in [-0.4, -0.2) is 53.2 Å². The maximum Gasteiger partial charge on any atom is 0.280 e. The lowest BCUT2D eigenvalue weighted by Gasteiger charge is -2.10. The molecule has 0 aromatic carbocycles. The van der Waals surface area contributed by atoms with Crippen molar-refractivity contribution in [3.8, 4) is 0 Å². The zero-order valence-electron chi connectivity index (χ0n) is 16.9. The van der Waals surface area contributed by atoms with Gasteiger partial charge in [0.15, 0.2) is 28.4 Å². The molecule has 0 saturated carbocycles. The standard InChI is InChI=1S/C17H29ClN10O2/c1-10(19)23-8-9-24-11(29)6-4-2-3-5-7-25-17(22)28-16(30)12-14(20)27-15(21)13(18)26-12/h2-9H2,1H3,(H2,19,23)(H,24,29)(H4,20,21,27)(H3,22,25,28,30). The second-order valence-electron chi connectivity index (χ2n) is 6.46. The number of amides is 2. The molecule has 13 heteroatoms. The molecule has 1 heterocycles. The summed E-state index contributed by atoms with van der Waals surface area (Å²) in [5.74, 6) is -0.789. The van der Waals surface area contributed by atoms with E-state index in [0.29, 0.717) is 31.9 Å². The lowest BCUT2D eigenvalue weighted by Crippen LogP contribution is -2.41. The van der Waals surface area contributed by atoms with Crippen molar-refractivity contribution in [2.24, 2.45) is 0 Å². The monoisotopic (exact) mass is 440 g/mol. The Morgan fingerprint density at radius 2 is 1.60 bits per heavy atom. The number of rotatable bonds is 11. The first-order chi connectivity index (χ1) is 14.2. The number of carbonyl (C=O) groups is 2. The molecule has 0 aliphatic rings. The highest BCUT2D eigenvalue weighted by atomic mass is 35.5. The highest BCUT2D eigenvalue weighted by Crippen LogP contribution is 2.17. The number of halogens is 1. The molecule has 1 aromatic heterocycles. The Balaban J connectivity index is 2.12. The summed E-state index contributed by atoms with van der Waals surface area (Å²) in [4.78, 5) is 31.2. The molecule has 1 rings (SSSR count). The molecule has 0 saturated heterocycles. The van der Waals surface area contributed by atoms with E-state index < -0.39 is 5.91 Å². The minimum Gasteiger partial charge on any atom is -0.382 e. The van der Waals surface area contributed by atoms with Crippen LogP contribution in [0.4, 0.5) is 11.6 Å². The highest BCUT2D eigenvalue weighted by molar-refractivity contribution is 6.31. The number of guanidine groups is 1. The maximum absolute atomic E-state index is 12.1. The molecule has 30 heavy (non-hydrogen) atoms. The summed E-state index contributed by atoms with van der Waals surface area (Å²) in [6, 6.07) is 0. The smallest absolute Gasteiger partial charge is 0.280 e. The first kappa shape index (κ1) is 24.9. The molecule has 0 bridgehead atoms. The molecule has 2 amide bonds. The van der Waals surface area contributed by atoms with Gasteiger partial charge in [0, 0.05) is 26.1 Å². The minimum absolute atomic E-state index is 0.00723. The maximum atomic E-state index is 12.1. The van der Waals surface area contributed by atoms with Gasteiger partial charge < -0.3 is 27.4 Å². The van der Waals surface area contributed by atoms with E-state index in [1.807, 2.05) is 0 Å². The number of aromatic nitrogens is 2. The molecule has 0 spiro atoms. The van der Waals surface area contributed by atoms with Crippen LogP contribution >= 0.6 is 11.6 Å². The molecule has 0 aliphatic heterocycles. The molecule has 0 fully saturated rings. The lowest BCUT2D eigenvalue weighted by atomic mass is 10.1. The Morgan fingerprint density at radius 3 is 2.30 bits per heavy atom. The number of hydrogen-bond donors (Lipinski definition) is 8. The third kappa shape index (κ3) is 9.87. The van der Waals surface area contributed by atoms with Gasteiger partial charge in [-0.05, 0) is 19.8 Å². The van der Waals surface area contributed by atoms with Gasteiger partial charge >= 0.3 is 0 Å². The van der Waals surface area contributed by atoms with E-state index in [1.165, 1.54) is 0 Å². The predicted octanol–water partition coefficient (Wildman–Crippen LogP) is 0.202. The number of nitrogens with zero attached hydrogens (tertiary/aromatic N) is 2. The van der Waals surface area contributed by atoms with E-state index in [1.54, 1.807) is 6.92 Å². The van der Waals surface area contributed by atoms with Gasteiger partial charge in [-0.1, -0.05) is 24.4 Å². The summed E-state index contributed by atoms with van der Waals surface area (Å²) in [6.45, 7) is 3.17. The molecule has 10 N–H and O–H groups in total.